The quantitative estimate of drug-likeness (QED) is 0.720. The van der Waals surface area contributed by atoms with E-state index in [0.29, 0.717) is 0 Å². The highest BCUT2D eigenvalue weighted by Gasteiger charge is 2.20. The number of hydrogen-bond donors (Lipinski definition) is 0. The van der Waals surface area contributed by atoms with Crippen molar-refractivity contribution < 1.29 is 9.26 Å². The van der Waals surface area contributed by atoms with Crippen LogP contribution < -0.4 is 9.64 Å². The fraction of sp³-hybridized carbons (Fsp3) is 0.200. The molecule has 0 saturated carbocycles. The normalized spacial score (nSPS) is 13.0. The molecule has 1 aliphatic rings. The molecule has 0 aliphatic carbocycles. The van der Waals surface area contributed by atoms with Crippen LogP contribution in [0.2, 0.25) is 0 Å². The molecule has 5 heteroatoms. The molecule has 3 heterocycles. The highest BCUT2D eigenvalue weighted by atomic mass is 16.5. The molecular formula is C20H19N3O2. The molecule has 0 fully saturated rings. The fourth-order valence-electron chi connectivity index (χ4n) is 3.17. The highest BCUT2D eigenvalue weighted by molar-refractivity contribution is 5.82. The zero-order valence-electron chi connectivity index (χ0n) is 14.3. The molecule has 0 radical (unpaired) electrons. The second-order valence-corrected chi connectivity index (χ2v) is 6.01. The number of pyridine rings is 1. The average molecular weight is 333 g/mol. The minimum atomic E-state index is 0.757. The van der Waals surface area contributed by atoms with E-state index in [1.54, 1.807) is 13.3 Å². The van der Waals surface area contributed by atoms with Crippen molar-refractivity contribution in [1.29, 1.82) is 0 Å². The maximum Gasteiger partial charge on any atom is 0.141 e. The molecule has 0 amide bonds. The zero-order valence-corrected chi connectivity index (χ0v) is 14.3. The van der Waals surface area contributed by atoms with E-state index in [1.807, 2.05) is 31.3 Å². The predicted molar refractivity (Wildman–Crippen MR) is 97.5 cm³/mol. The van der Waals surface area contributed by atoms with Gasteiger partial charge in [-0.05, 0) is 30.7 Å². The van der Waals surface area contributed by atoms with Crippen LogP contribution >= 0.6 is 0 Å². The van der Waals surface area contributed by atoms with E-state index < -0.39 is 0 Å². The Labute approximate surface area is 146 Å². The van der Waals surface area contributed by atoms with Gasteiger partial charge in [0, 0.05) is 35.6 Å². The number of ether oxygens (including phenoxy) is 1. The van der Waals surface area contributed by atoms with Crippen molar-refractivity contribution in [1.82, 2.24) is 10.1 Å². The standard InChI is InChI=1S/C20H19N3O2/c1-14-18(12-22-25-14)17-10-15-6-5-9-23(19(15)11-20(17)24-2)13-16-7-3-4-8-21-16/h3-8,10-12H,9,13H2,1-2H3. The molecule has 0 bridgehead atoms. The number of rotatable bonds is 4. The van der Waals surface area contributed by atoms with E-state index in [0.717, 1.165) is 52.7 Å². The van der Waals surface area contributed by atoms with E-state index in [1.165, 1.54) is 0 Å². The van der Waals surface area contributed by atoms with Gasteiger partial charge in [-0.15, -0.1) is 0 Å². The predicted octanol–water partition coefficient (Wildman–Crippen LogP) is 4.09. The largest absolute Gasteiger partial charge is 0.496 e. The maximum absolute atomic E-state index is 5.65. The Morgan fingerprint density at radius 2 is 2.16 bits per heavy atom. The molecule has 2 aromatic heterocycles. The first-order valence-corrected chi connectivity index (χ1v) is 8.21. The van der Waals surface area contributed by atoms with Crippen molar-refractivity contribution >= 4 is 11.8 Å². The minimum absolute atomic E-state index is 0.757. The van der Waals surface area contributed by atoms with Crippen molar-refractivity contribution in [2.75, 3.05) is 18.6 Å². The van der Waals surface area contributed by atoms with Gasteiger partial charge in [-0.3, -0.25) is 4.98 Å². The first-order valence-electron chi connectivity index (χ1n) is 8.21. The molecule has 0 saturated heterocycles. The Hall–Kier alpha value is -3.08. The number of anilines is 1. The first kappa shape index (κ1) is 15.4. The molecule has 0 atom stereocenters. The Morgan fingerprint density at radius 3 is 2.88 bits per heavy atom. The van der Waals surface area contributed by atoms with E-state index in [2.05, 4.69) is 39.3 Å². The van der Waals surface area contributed by atoms with Crippen molar-refractivity contribution in [3.8, 4) is 16.9 Å². The van der Waals surface area contributed by atoms with Crippen LogP contribution in [-0.4, -0.2) is 23.8 Å². The maximum atomic E-state index is 5.65. The van der Waals surface area contributed by atoms with Gasteiger partial charge in [-0.1, -0.05) is 23.4 Å². The van der Waals surface area contributed by atoms with Gasteiger partial charge in [0.25, 0.3) is 0 Å². The number of aryl methyl sites for hydroxylation is 1. The van der Waals surface area contributed by atoms with Crippen LogP contribution in [0.5, 0.6) is 5.75 Å². The summed E-state index contributed by atoms with van der Waals surface area (Å²) in [4.78, 5) is 6.74. The van der Waals surface area contributed by atoms with Crippen LogP contribution in [0.15, 0.2) is 53.3 Å². The molecule has 5 nitrogen and oxygen atoms in total. The van der Waals surface area contributed by atoms with Crippen LogP contribution in [0.4, 0.5) is 5.69 Å². The van der Waals surface area contributed by atoms with Crippen LogP contribution in [0.3, 0.4) is 0 Å². The van der Waals surface area contributed by atoms with Gasteiger partial charge in [0.2, 0.25) is 0 Å². The SMILES string of the molecule is COc1cc2c(cc1-c1cnoc1C)C=CCN2Cc1ccccn1. The smallest absolute Gasteiger partial charge is 0.141 e. The number of nitrogens with zero attached hydrogens (tertiary/aromatic N) is 3. The van der Waals surface area contributed by atoms with E-state index in [4.69, 9.17) is 9.26 Å². The monoisotopic (exact) mass is 333 g/mol. The van der Waals surface area contributed by atoms with Gasteiger partial charge in [0.05, 0.1) is 25.5 Å². The molecule has 0 N–H and O–H groups in total. The lowest BCUT2D eigenvalue weighted by Gasteiger charge is -2.29. The van der Waals surface area contributed by atoms with Crippen LogP contribution in [0.25, 0.3) is 17.2 Å². The van der Waals surface area contributed by atoms with E-state index in [9.17, 15) is 0 Å². The van der Waals surface area contributed by atoms with Crippen LogP contribution in [-0.2, 0) is 6.54 Å². The minimum Gasteiger partial charge on any atom is -0.496 e. The summed E-state index contributed by atoms with van der Waals surface area (Å²) < 4.78 is 10.9. The summed E-state index contributed by atoms with van der Waals surface area (Å²) in [6.07, 6.45) is 7.88. The summed E-state index contributed by atoms with van der Waals surface area (Å²) in [5, 5.41) is 3.89. The average Bonchev–Trinajstić information content (AvgIpc) is 3.07. The molecule has 1 aromatic carbocycles. The summed E-state index contributed by atoms with van der Waals surface area (Å²) in [6.45, 7) is 3.51. The lowest BCUT2D eigenvalue weighted by atomic mass is 9.98. The lowest BCUT2D eigenvalue weighted by molar-refractivity contribution is 0.397. The zero-order chi connectivity index (χ0) is 17.2. The molecule has 0 unspecified atom stereocenters. The summed E-state index contributed by atoms with van der Waals surface area (Å²) in [6, 6.07) is 10.2. The summed E-state index contributed by atoms with van der Waals surface area (Å²) >= 11 is 0. The fourth-order valence-corrected chi connectivity index (χ4v) is 3.17. The van der Waals surface area contributed by atoms with Gasteiger partial charge in [-0.25, -0.2) is 0 Å². The first-order chi connectivity index (χ1) is 12.3. The third-order valence-corrected chi connectivity index (χ3v) is 4.43. The van der Waals surface area contributed by atoms with Crippen molar-refractivity contribution in [2.45, 2.75) is 13.5 Å². The third-order valence-electron chi connectivity index (χ3n) is 4.43. The molecule has 25 heavy (non-hydrogen) atoms. The van der Waals surface area contributed by atoms with Gasteiger partial charge in [0.1, 0.15) is 11.5 Å². The van der Waals surface area contributed by atoms with Crippen molar-refractivity contribution in [3.63, 3.8) is 0 Å². The number of hydrogen-bond acceptors (Lipinski definition) is 5. The number of methoxy groups -OCH3 is 1. The van der Waals surface area contributed by atoms with Crippen LogP contribution in [0.1, 0.15) is 17.0 Å². The molecular weight excluding hydrogens is 314 g/mol. The number of aromatic nitrogens is 2. The lowest BCUT2D eigenvalue weighted by Crippen LogP contribution is -2.26. The Kier molecular flexibility index (Phi) is 3.98. The van der Waals surface area contributed by atoms with Crippen LogP contribution in [0, 0.1) is 6.92 Å². The van der Waals surface area contributed by atoms with Gasteiger partial charge in [-0.2, -0.15) is 0 Å². The van der Waals surface area contributed by atoms with Gasteiger partial charge in [0.15, 0.2) is 0 Å². The molecule has 4 rings (SSSR count). The topological polar surface area (TPSA) is 51.4 Å². The molecule has 3 aromatic rings. The van der Waals surface area contributed by atoms with Gasteiger partial charge < -0.3 is 14.2 Å². The second kappa shape index (κ2) is 6.43. The molecule has 0 spiro atoms. The Balaban J connectivity index is 1.76. The van der Waals surface area contributed by atoms with E-state index >= 15 is 0 Å². The molecule has 1 aliphatic heterocycles. The highest BCUT2D eigenvalue weighted by Crippen LogP contribution is 2.39. The number of fused-ring (bicyclic) bond motifs is 1. The van der Waals surface area contributed by atoms with Gasteiger partial charge >= 0.3 is 0 Å². The third kappa shape index (κ3) is 2.89. The summed E-state index contributed by atoms with van der Waals surface area (Å²) in [5.41, 5.74) is 5.28. The Bertz CT molecular complexity index is 916. The molecule has 126 valence electrons. The summed E-state index contributed by atoms with van der Waals surface area (Å²) in [5.74, 6) is 1.59. The number of benzene rings is 1. The van der Waals surface area contributed by atoms with Crippen molar-refractivity contribution in [2.24, 2.45) is 0 Å². The van der Waals surface area contributed by atoms with E-state index in [-0.39, 0.29) is 0 Å². The second-order valence-electron chi connectivity index (χ2n) is 6.01. The van der Waals surface area contributed by atoms with Crippen molar-refractivity contribution in [3.05, 3.63) is 65.8 Å². The Morgan fingerprint density at radius 1 is 1.24 bits per heavy atom. The summed E-state index contributed by atoms with van der Waals surface area (Å²) in [7, 11) is 1.69.